The number of hydrogen-bond acceptors (Lipinski definition) is 3. The van der Waals surface area contributed by atoms with Crippen molar-refractivity contribution in [3.8, 4) is 0 Å². The van der Waals surface area contributed by atoms with Crippen molar-refractivity contribution in [3.05, 3.63) is 28.9 Å². The van der Waals surface area contributed by atoms with Crippen molar-refractivity contribution in [1.82, 2.24) is 0 Å². The highest BCUT2D eigenvalue weighted by Gasteiger charge is 2.11. The van der Waals surface area contributed by atoms with Crippen LogP contribution < -0.4 is 5.73 Å². The van der Waals surface area contributed by atoms with Gasteiger partial charge in [0.15, 0.2) is 0 Å². The zero-order valence-electron chi connectivity index (χ0n) is 6.95. The summed E-state index contributed by atoms with van der Waals surface area (Å²) in [6, 6.07) is 2.63. The topological polar surface area (TPSA) is 63.3 Å². The molecule has 0 saturated carbocycles. The summed E-state index contributed by atoms with van der Waals surface area (Å²) in [5.74, 6) is -1.54. The number of carboxylic acid groups (broad SMARTS) is 1. The molecular weight excluding hydrogens is 205 g/mol. The Morgan fingerprint density at radius 1 is 1.50 bits per heavy atom. The van der Waals surface area contributed by atoms with Crippen LogP contribution in [0.4, 0.5) is 10.1 Å². The lowest BCUT2D eigenvalue weighted by Gasteiger charge is -1.99. The third-order valence-electron chi connectivity index (χ3n) is 1.90. The molecule has 3 nitrogen and oxygen atoms in total. The summed E-state index contributed by atoms with van der Waals surface area (Å²) in [5, 5.41) is 10.3. The number of carbonyl (C=O) groups is 1. The Kier molecular flexibility index (Phi) is 1.89. The van der Waals surface area contributed by atoms with Gasteiger partial charge in [-0.25, -0.2) is 9.18 Å². The SMILES string of the molecule is Nc1cc(C(=O)O)cc2c(F)csc12. The quantitative estimate of drug-likeness (QED) is 0.711. The van der Waals surface area contributed by atoms with Crippen molar-refractivity contribution in [2.24, 2.45) is 0 Å². The molecule has 0 radical (unpaired) electrons. The van der Waals surface area contributed by atoms with Crippen LogP contribution in [0.1, 0.15) is 10.4 Å². The average Bonchev–Trinajstić information content (AvgIpc) is 2.48. The number of nitrogens with two attached hydrogens (primary N) is 1. The second kappa shape index (κ2) is 2.95. The lowest BCUT2D eigenvalue weighted by Crippen LogP contribution is -1.97. The van der Waals surface area contributed by atoms with Crippen LogP contribution >= 0.6 is 11.3 Å². The molecule has 0 unspecified atom stereocenters. The predicted octanol–water partition coefficient (Wildman–Crippen LogP) is 2.32. The third-order valence-corrected chi connectivity index (χ3v) is 2.92. The van der Waals surface area contributed by atoms with Gasteiger partial charge in [0.25, 0.3) is 0 Å². The zero-order chi connectivity index (χ0) is 10.3. The number of hydrogen-bond donors (Lipinski definition) is 2. The summed E-state index contributed by atoms with van der Waals surface area (Å²) in [6.07, 6.45) is 0. The first-order valence-corrected chi connectivity index (χ1v) is 4.67. The lowest BCUT2D eigenvalue weighted by atomic mass is 10.1. The van der Waals surface area contributed by atoms with E-state index in [1.807, 2.05) is 0 Å². The monoisotopic (exact) mass is 211 g/mol. The van der Waals surface area contributed by atoms with E-state index in [9.17, 15) is 9.18 Å². The van der Waals surface area contributed by atoms with Gasteiger partial charge < -0.3 is 10.8 Å². The summed E-state index contributed by atoms with van der Waals surface area (Å²) in [5.41, 5.74) is 5.90. The minimum atomic E-state index is -1.11. The number of thiophene rings is 1. The Morgan fingerprint density at radius 3 is 2.86 bits per heavy atom. The van der Waals surface area contributed by atoms with Gasteiger partial charge in [0.05, 0.1) is 16.0 Å². The maximum absolute atomic E-state index is 13.1. The van der Waals surface area contributed by atoms with E-state index < -0.39 is 11.8 Å². The van der Waals surface area contributed by atoms with Crippen LogP contribution in [0, 0.1) is 5.82 Å². The first kappa shape index (κ1) is 8.96. The molecule has 5 heteroatoms. The molecular formula is C9H6FNO2S. The van der Waals surface area contributed by atoms with Crippen molar-refractivity contribution in [1.29, 1.82) is 0 Å². The molecule has 1 heterocycles. The molecule has 0 aliphatic heterocycles. The van der Waals surface area contributed by atoms with Crippen LogP contribution in [0.5, 0.6) is 0 Å². The number of rotatable bonds is 1. The maximum Gasteiger partial charge on any atom is 0.335 e. The minimum absolute atomic E-state index is 0.00676. The highest BCUT2D eigenvalue weighted by molar-refractivity contribution is 7.17. The molecule has 2 rings (SSSR count). The smallest absolute Gasteiger partial charge is 0.335 e. The number of anilines is 1. The molecule has 0 atom stereocenters. The summed E-state index contributed by atoms with van der Waals surface area (Å²) in [6.45, 7) is 0. The predicted molar refractivity (Wildman–Crippen MR) is 53.2 cm³/mol. The fourth-order valence-electron chi connectivity index (χ4n) is 1.26. The van der Waals surface area contributed by atoms with Gasteiger partial charge in [-0.15, -0.1) is 11.3 Å². The van der Waals surface area contributed by atoms with Gasteiger partial charge in [-0.05, 0) is 12.1 Å². The molecule has 14 heavy (non-hydrogen) atoms. The Bertz CT molecular complexity index is 521. The molecule has 0 saturated heterocycles. The molecule has 0 spiro atoms. The summed E-state index contributed by atoms with van der Waals surface area (Å²) in [7, 11) is 0. The van der Waals surface area contributed by atoms with Crippen molar-refractivity contribution in [3.63, 3.8) is 0 Å². The number of benzene rings is 1. The van der Waals surface area contributed by atoms with Crippen LogP contribution in [0.3, 0.4) is 0 Å². The largest absolute Gasteiger partial charge is 0.478 e. The van der Waals surface area contributed by atoms with Crippen LogP contribution in [0.15, 0.2) is 17.5 Å². The van der Waals surface area contributed by atoms with E-state index in [4.69, 9.17) is 10.8 Å². The van der Waals surface area contributed by atoms with Crippen LogP contribution in [0.2, 0.25) is 0 Å². The molecule has 1 aromatic heterocycles. The molecule has 0 amide bonds. The number of fused-ring (bicyclic) bond motifs is 1. The van der Waals surface area contributed by atoms with Gasteiger partial charge in [-0.3, -0.25) is 0 Å². The van der Waals surface area contributed by atoms with E-state index >= 15 is 0 Å². The fraction of sp³-hybridized carbons (Fsp3) is 0. The lowest BCUT2D eigenvalue weighted by molar-refractivity contribution is 0.0697. The molecule has 1 aromatic carbocycles. The van der Waals surface area contributed by atoms with Crippen molar-refractivity contribution in [2.45, 2.75) is 0 Å². The molecule has 72 valence electrons. The summed E-state index contributed by atoms with van der Waals surface area (Å²) >= 11 is 1.17. The van der Waals surface area contributed by atoms with Gasteiger partial charge in [0, 0.05) is 10.8 Å². The first-order chi connectivity index (χ1) is 6.59. The minimum Gasteiger partial charge on any atom is -0.478 e. The molecule has 2 aromatic rings. The Morgan fingerprint density at radius 2 is 2.21 bits per heavy atom. The van der Waals surface area contributed by atoms with E-state index in [0.717, 1.165) is 0 Å². The molecule has 0 bridgehead atoms. The molecule has 0 aliphatic carbocycles. The fourth-order valence-corrected chi connectivity index (χ4v) is 2.08. The molecule has 0 aliphatic rings. The maximum atomic E-state index is 13.1. The van der Waals surface area contributed by atoms with Crippen LogP contribution in [0.25, 0.3) is 10.1 Å². The zero-order valence-corrected chi connectivity index (χ0v) is 7.77. The van der Waals surface area contributed by atoms with E-state index in [0.29, 0.717) is 10.4 Å². The highest BCUT2D eigenvalue weighted by atomic mass is 32.1. The van der Waals surface area contributed by atoms with Crippen LogP contribution in [-0.4, -0.2) is 11.1 Å². The van der Waals surface area contributed by atoms with Gasteiger partial charge >= 0.3 is 5.97 Å². The van der Waals surface area contributed by atoms with Crippen molar-refractivity contribution >= 4 is 33.1 Å². The van der Waals surface area contributed by atoms with Gasteiger partial charge in [-0.2, -0.15) is 0 Å². The van der Waals surface area contributed by atoms with Gasteiger partial charge in [0.1, 0.15) is 5.82 Å². The van der Waals surface area contributed by atoms with Crippen LogP contribution in [-0.2, 0) is 0 Å². The Balaban J connectivity index is 2.82. The van der Waals surface area contributed by atoms with E-state index in [1.54, 1.807) is 0 Å². The second-order valence-corrected chi connectivity index (χ2v) is 3.71. The van der Waals surface area contributed by atoms with E-state index in [1.165, 1.54) is 28.8 Å². The number of nitrogen functional groups attached to an aromatic ring is 1. The number of carboxylic acids is 1. The third kappa shape index (κ3) is 1.22. The average molecular weight is 211 g/mol. The Labute approximate surface area is 82.6 Å². The van der Waals surface area contributed by atoms with E-state index in [2.05, 4.69) is 0 Å². The van der Waals surface area contributed by atoms with E-state index in [-0.39, 0.29) is 10.9 Å². The normalized spacial score (nSPS) is 10.6. The number of halogens is 1. The standard InChI is InChI=1S/C9H6FNO2S/c10-6-3-14-8-5(6)1-4(9(12)13)2-7(8)11/h1-3H,11H2,(H,12,13). The first-order valence-electron chi connectivity index (χ1n) is 3.79. The van der Waals surface area contributed by atoms with Crippen molar-refractivity contribution in [2.75, 3.05) is 5.73 Å². The van der Waals surface area contributed by atoms with Crippen molar-refractivity contribution < 1.29 is 14.3 Å². The number of aromatic carboxylic acids is 1. The highest BCUT2D eigenvalue weighted by Crippen LogP contribution is 2.30. The van der Waals surface area contributed by atoms with Gasteiger partial charge in [0.2, 0.25) is 0 Å². The molecule has 3 N–H and O–H groups in total. The van der Waals surface area contributed by atoms with Gasteiger partial charge in [-0.1, -0.05) is 0 Å². The second-order valence-electron chi connectivity index (χ2n) is 2.83. The Hall–Kier alpha value is -1.62. The summed E-state index contributed by atoms with van der Waals surface area (Å²) in [4.78, 5) is 10.7. The summed E-state index contributed by atoms with van der Waals surface area (Å²) < 4.78 is 13.7. The molecule has 0 fully saturated rings.